The van der Waals surface area contributed by atoms with Crippen LogP contribution in [0.25, 0.3) is 0 Å². The highest BCUT2D eigenvalue weighted by atomic mass is 35.5. The van der Waals surface area contributed by atoms with Gasteiger partial charge in [-0.2, -0.15) is 0 Å². The molecule has 0 atom stereocenters. The monoisotopic (exact) mass is 351 g/mol. The largest absolute Gasteiger partial charge is 0.460 e. The van der Waals surface area contributed by atoms with Crippen molar-refractivity contribution in [2.24, 2.45) is 0 Å². The van der Waals surface area contributed by atoms with Gasteiger partial charge in [0.15, 0.2) is 0 Å². The summed E-state index contributed by atoms with van der Waals surface area (Å²) in [4.78, 5) is 23.2. The number of amides is 1. The summed E-state index contributed by atoms with van der Waals surface area (Å²) in [5.74, 6) is -0.622. The molecule has 0 fully saturated rings. The first-order valence-corrected chi connectivity index (χ1v) is 7.66. The minimum Gasteiger partial charge on any atom is -0.460 e. The van der Waals surface area contributed by atoms with Crippen LogP contribution in [0.15, 0.2) is 42.5 Å². The second-order valence-corrected chi connectivity index (χ2v) is 5.76. The Balaban J connectivity index is 2.02. The molecule has 0 spiro atoms. The number of hydrogen-bond acceptors (Lipinski definition) is 3. The van der Waals surface area contributed by atoms with Crippen LogP contribution in [0.5, 0.6) is 0 Å². The maximum absolute atomic E-state index is 12.0. The van der Waals surface area contributed by atoms with Crippen molar-refractivity contribution < 1.29 is 14.3 Å². The van der Waals surface area contributed by atoms with Crippen molar-refractivity contribution in [3.05, 3.63) is 63.6 Å². The number of anilines is 1. The van der Waals surface area contributed by atoms with Crippen LogP contribution < -0.4 is 5.32 Å². The lowest BCUT2D eigenvalue weighted by atomic mass is 10.1. The predicted octanol–water partition coefficient (Wildman–Crippen LogP) is 4.24. The van der Waals surface area contributed by atoms with Gasteiger partial charge < -0.3 is 10.1 Å². The fourth-order valence-corrected chi connectivity index (χ4v) is 2.40. The smallest absolute Gasteiger partial charge is 0.310 e. The van der Waals surface area contributed by atoms with E-state index in [0.29, 0.717) is 26.9 Å². The number of rotatable bonds is 5. The van der Waals surface area contributed by atoms with E-state index in [-0.39, 0.29) is 18.9 Å². The highest BCUT2D eigenvalue weighted by Gasteiger charge is 2.11. The number of halogens is 2. The zero-order valence-corrected chi connectivity index (χ0v) is 13.9. The molecule has 0 bridgehead atoms. The average molecular weight is 352 g/mol. The molecule has 0 aliphatic rings. The summed E-state index contributed by atoms with van der Waals surface area (Å²) in [5.41, 5.74) is 1.89. The number of carbonyl (C=O) groups is 2. The van der Waals surface area contributed by atoms with E-state index in [9.17, 15) is 9.59 Å². The van der Waals surface area contributed by atoms with Gasteiger partial charge in [0.2, 0.25) is 5.91 Å². The molecule has 2 rings (SSSR count). The van der Waals surface area contributed by atoms with E-state index in [4.69, 9.17) is 27.9 Å². The molecule has 0 heterocycles. The molecule has 23 heavy (non-hydrogen) atoms. The van der Waals surface area contributed by atoms with Crippen LogP contribution in [0.2, 0.25) is 10.0 Å². The summed E-state index contributed by atoms with van der Waals surface area (Å²) >= 11 is 12.0. The van der Waals surface area contributed by atoms with Crippen molar-refractivity contribution in [2.75, 3.05) is 5.32 Å². The second kappa shape index (κ2) is 7.99. The van der Waals surface area contributed by atoms with Crippen molar-refractivity contribution in [2.45, 2.75) is 20.0 Å². The Morgan fingerprint density at radius 1 is 1.09 bits per heavy atom. The predicted molar refractivity (Wildman–Crippen MR) is 90.7 cm³/mol. The Morgan fingerprint density at radius 2 is 1.83 bits per heavy atom. The van der Waals surface area contributed by atoms with E-state index in [1.165, 1.54) is 6.92 Å². The summed E-state index contributed by atoms with van der Waals surface area (Å²) in [7, 11) is 0. The molecule has 4 nitrogen and oxygen atoms in total. The molecule has 0 aliphatic heterocycles. The highest BCUT2D eigenvalue weighted by Crippen LogP contribution is 2.22. The molecule has 0 aliphatic carbocycles. The zero-order valence-electron chi connectivity index (χ0n) is 12.4. The Kier molecular flexibility index (Phi) is 6.02. The molecule has 1 N–H and O–H groups in total. The van der Waals surface area contributed by atoms with Crippen molar-refractivity contribution in [3.63, 3.8) is 0 Å². The van der Waals surface area contributed by atoms with Crippen molar-refractivity contribution in [3.8, 4) is 0 Å². The van der Waals surface area contributed by atoms with Gasteiger partial charge in [-0.3, -0.25) is 9.59 Å². The van der Waals surface area contributed by atoms with Crippen LogP contribution in [0.3, 0.4) is 0 Å². The van der Waals surface area contributed by atoms with Crippen molar-refractivity contribution in [1.82, 2.24) is 0 Å². The molecule has 2 aromatic rings. The molecule has 0 radical (unpaired) electrons. The van der Waals surface area contributed by atoms with Gasteiger partial charge in [0.25, 0.3) is 0 Å². The van der Waals surface area contributed by atoms with Gasteiger partial charge in [-0.15, -0.1) is 0 Å². The lowest BCUT2D eigenvalue weighted by Gasteiger charge is -2.11. The highest BCUT2D eigenvalue weighted by molar-refractivity contribution is 6.31. The van der Waals surface area contributed by atoms with Gasteiger partial charge in [-0.25, -0.2) is 0 Å². The first kappa shape index (κ1) is 17.3. The fraction of sp³-hybridized carbons (Fsp3) is 0.176. The van der Waals surface area contributed by atoms with Gasteiger partial charge in [-0.1, -0.05) is 41.4 Å². The summed E-state index contributed by atoms with van der Waals surface area (Å²) in [5, 5.41) is 3.69. The first-order valence-electron chi connectivity index (χ1n) is 6.91. The van der Waals surface area contributed by atoms with E-state index >= 15 is 0 Å². The molecule has 1 amide bonds. The molecular formula is C17H15Cl2NO3. The maximum atomic E-state index is 12.0. The first-order chi connectivity index (χ1) is 11.0. The Bertz CT molecular complexity index is 732. The summed E-state index contributed by atoms with van der Waals surface area (Å²) in [6, 6.07) is 12.1. The summed E-state index contributed by atoms with van der Waals surface area (Å²) in [6.45, 7) is 1.42. The minimum absolute atomic E-state index is 0.0134. The van der Waals surface area contributed by atoms with Gasteiger partial charge in [0.05, 0.1) is 6.42 Å². The quantitative estimate of drug-likeness (QED) is 0.819. The number of hydrogen-bond donors (Lipinski definition) is 1. The molecule has 0 unspecified atom stereocenters. The standard InChI is InChI=1S/C17H15Cl2NO3/c1-11(21)20-16-7-6-14(18)8-13(16)10-23-17(22)9-12-4-2-3-5-15(12)19/h2-8H,9-10H2,1H3,(H,20,21). The van der Waals surface area contributed by atoms with Crippen LogP contribution in [-0.2, 0) is 27.4 Å². The summed E-state index contributed by atoms with van der Waals surface area (Å²) in [6.07, 6.45) is 0.0791. The summed E-state index contributed by atoms with van der Waals surface area (Å²) < 4.78 is 5.26. The average Bonchev–Trinajstić information content (AvgIpc) is 2.49. The third-order valence-corrected chi connectivity index (χ3v) is 3.66. The second-order valence-electron chi connectivity index (χ2n) is 4.91. The van der Waals surface area contributed by atoms with Crippen LogP contribution in [0.4, 0.5) is 5.69 Å². The zero-order chi connectivity index (χ0) is 16.8. The van der Waals surface area contributed by atoms with Crippen LogP contribution >= 0.6 is 23.2 Å². The van der Waals surface area contributed by atoms with Crippen LogP contribution in [0, 0.1) is 0 Å². The minimum atomic E-state index is -0.410. The maximum Gasteiger partial charge on any atom is 0.310 e. The third-order valence-electron chi connectivity index (χ3n) is 3.06. The topological polar surface area (TPSA) is 55.4 Å². The number of ether oxygens (including phenoxy) is 1. The SMILES string of the molecule is CC(=O)Nc1ccc(Cl)cc1COC(=O)Cc1ccccc1Cl. The van der Waals surface area contributed by atoms with E-state index < -0.39 is 5.97 Å². The molecule has 0 aromatic heterocycles. The molecule has 2 aromatic carbocycles. The lowest BCUT2D eigenvalue weighted by molar-refractivity contribution is -0.144. The number of carbonyl (C=O) groups excluding carboxylic acids is 2. The van der Waals surface area contributed by atoms with Gasteiger partial charge >= 0.3 is 5.97 Å². The van der Waals surface area contributed by atoms with E-state index in [1.807, 2.05) is 0 Å². The Labute approximate surface area is 144 Å². The molecule has 0 saturated carbocycles. The van der Waals surface area contributed by atoms with Crippen LogP contribution in [-0.4, -0.2) is 11.9 Å². The lowest BCUT2D eigenvalue weighted by Crippen LogP contribution is -2.12. The molecule has 6 heteroatoms. The molecule has 0 saturated heterocycles. The number of nitrogens with one attached hydrogen (secondary N) is 1. The van der Waals surface area contributed by atoms with Gasteiger partial charge in [-0.05, 0) is 29.8 Å². The Hall–Kier alpha value is -2.04. The van der Waals surface area contributed by atoms with Crippen LogP contribution in [0.1, 0.15) is 18.1 Å². The fourth-order valence-electron chi connectivity index (χ4n) is 2.00. The Morgan fingerprint density at radius 3 is 2.52 bits per heavy atom. The molecular weight excluding hydrogens is 337 g/mol. The molecule has 120 valence electrons. The number of benzene rings is 2. The van der Waals surface area contributed by atoms with Gasteiger partial charge in [0, 0.05) is 28.2 Å². The van der Waals surface area contributed by atoms with Crippen molar-refractivity contribution in [1.29, 1.82) is 0 Å². The van der Waals surface area contributed by atoms with E-state index in [2.05, 4.69) is 5.32 Å². The third kappa shape index (κ3) is 5.27. The number of esters is 1. The van der Waals surface area contributed by atoms with E-state index in [1.54, 1.807) is 42.5 Å². The van der Waals surface area contributed by atoms with Gasteiger partial charge in [0.1, 0.15) is 6.61 Å². The normalized spacial score (nSPS) is 10.2. The van der Waals surface area contributed by atoms with E-state index in [0.717, 1.165) is 0 Å². The van der Waals surface area contributed by atoms with Crippen molar-refractivity contribution >= 4 is 40.8 Å².